The van der Waals surface area contributed by atoms with Crippen LogP contribution in [0, 0.1) is 0 Å². The van der Waals surface area contributed by atoms with Crippen molar-refractivity contribution >= 4 is 0 Å². The lowest BCUT2D eigenvalue weighted by molar-refractivity contribution is 0.114. The van der Waals surface area contributed by atoms with Crippen LogP contribution in [0.25, 0.3) is 0 Å². The van der Waals surface area contributed by atoms with Gasteiger partial charge in [-0.3, -0.25) is 0 Å². The van der Waals surface area contributed by atoms with Gasteiger partial charge >= 0.3 is 0 Å². The van der Waals surface area contributed by atoms with Gasteiger partial charge < -0.3 is 15.5 Å². The first-order valence-electron chi connectivity index (χ1n) is 5.81. The summed E-state index contributed by atoms with van der Waals surface area (Å²) in [6, 6.07) is 6.02. The molecular formula is C13H19NO2. The van der Waals surface area contributed by atoms with E-state index in [1.807, 2.05) is 12.1 Å². The summed E-state index contributed by atoms with van der Waals surface area (Å²) in [5.74, 6) is 0.305. The maximum absolute atomic E-state index is 10.0. The molecule has 3 heteroatoms. The molecule has 0 saturated carbocycles. The summed E-state index contributed by atoms with van der Waals surface area (Å²) in [7, 11) is 0. The molecule has 0 heterocycles. The second kappa shape index (κ2) is 4.44. The Hall–Kier alpha value is -1.06. The number of aliphatic hydroxyl groups is 1. The van der Waals surface area contributed by atoms with E-state index in [9.17, 15) is 10.2 Å². The van der Waals surface area contributed by atoms with Crippen LogP contribution in [0.1, 0.15) is 25.0 Å². The number of phenolic OH excluding ortho intramolecular Hbond substituents is 1. The van der Waals surface area contributed by atoms with Gasteiger partial charge in [0, 0.05) is 18.5 Å². The minimum Gasteiger partial charge on any atom is -0.508 e. The lowest BCUT2D eigenvalue weighted by Gasteiger charge is -2.32. The SMILES string of the molecule is CC(C)N[C@H]1Cc2cccc(O)c2C[C@@H]1O. The Balaban J connectivity index is 2.22. The standard InChI is InChI=1S/C13H19NO2/c1-8(2)14-11-6-9-4-3-5-12(15)10(9)7-13(11)16/h3-5,8,11,13-16H,6-7H2,1-2H3/t11-,13-/m0/s1. The Morgan fingerprint density at radius 2 is 2.06 bits per heavy atom. The molecule has 1 aromatic carbocycles. The lowest BCUT2D eigenvalue weighted by Crippen LogP contribution is -2.48. The van der Waals surface area contributed by atoms with Crippen molar-refractivity contribution in [2.45, 2.75) is 44.9 Å². The van der Waals surface area contributed by atoms with E-state index in [-0.39, 0.29) is 6.04 Å². The minimum absolute atomic E-state index is 0.0919. The third-order valence-corrected chi connectivity index (χ3v) is 3.11. The molecule has 16 heavy (non-hydrogen) atoms. The van der Waals surface area contributed by atoms with Crippen LogP contribution >= 0.6 is 0 Å². The number of fused-ring (bicyclic) bond motifs is 1. The highest BCUT2D eigenvalue weighted by Gasteiger charge is 2.28. The van der Waals surface area contributed by atoms with Gasteiger partial charge in [-0.15, -0.1) is 0 Å². The Bertz CT molecular complexity index is 376. The van der Waals surface area contributed by atoms with Crippen LogP contribution in [0.3, 0.4) is 0 Å². The molecule has 1 aliphatic rings. The highest BCUT2D eigenvalue weighted by molar-refractivity contribution is 5.42. The summed E-state index contributed by atoms with van der Waals surface area (Å²) in [6.45, 7) is 4.15. The van der Waals surface area contributed by atoms with Crippen LogP contribution in [-0.4, -0.2) is 28.4 Å². The highest BCUT2D eigenvalue weighted by atomic mass is 16.3. The van der Waals surface area contributed by atoms with Crippen molar-refractivity contribution in [3.63, 3.8) is 0 Å². The number of rotatable bonds is 2. The normalized spacial score (nSPS) is 24.5. The average molecular weight is 221 g/mol. The molecule has 3 N–H and O–H groups in total. The fourth-order valence-electron chi connectivity index (χ4n) is 2.37. The minimum atomic E-state index is -0.414. The predicted octanol–water partition coefficient (Wildman–Crippen LogP) is 1.22. The molecule has 0 unspecified atom stereocenters. The average Bonchev–Trinajstić information content (AvgIpc) is 2.20. The third kappa shape index (κ3) is 2.20. The van der Waals surface area contributed by atoms with Crippen molar-refractivity contribution in [3.8, 4) is 5.75 Å². The zero-order valence-corrected chi connectivity index (χ0v) is 9.77. The maximum atomic E-state index is 10.0. The van der Waals surface area contributed by atoms with Crippen LogP contribution in [0.15, 0.2) is 18.2 Å². The second-order valence-electron chi connectivity index (χ2n) is 4.82. The van der Waals surface area contributed by atoms with Gasteiger partial charge in [0.15, 0.2) is 0 Å². The summed E-state index contributed by atoms with van der Waals surface area (Å²) in [4.78, 5) is 0. The van der Waals surface area contributed by atoms with E-state index in [4.69, 9.17) is 0 Å². The molecule has 3 nitrogen and oxygen atoms in total. The van der Waals surface area contributed by atoms with Crippen molar-refractivity contribution in [2.24, 2.45) is 0 Å². The van der Waals surface area contributed by atoms with Gasteiger partial charge in [-0.25, -0.2) is 0 Å². The monoisotopic (exact) mass is 221 g/mol. The van der Waals surface area contributed by atoms with Crippen molar-refractivity contribution < 1.29 is 10.2 Å². The van der Waals surface area contributed by atoms with Gasteiger partial charge in [0.05, 0.1) is 6.10 Å². The number of hydrogen-bond acceptors (Lipinski definition) is 3. The molecule has 0 amide bonds. The molecule has 0 spiro atoms. The molecule has 0 fully saturated rings. The van der Waals surface area contributed by atoms with Crippen molar-refractivity contribution in [1.82, 2.24) is 5.32 Å². The molecule has 0 aliphatic heterocycles. The number of aliphatic hydroxyl groups excluding tert-OH is 1. The number of hydrogen-bond donors (Lipinski definition) is 3. The van der Waals surface area contributed by atoms with Crippen molar-refractivity contribution in [3.05, 3.63) is 29.3 Å². The molecule has 0 aromatic heterocycles. The Kier molecular flexibility index (Phi) is 3.17. The molecule has 1 aliphatic carbocycles. The number of phenols is 1. The summed E-state index contributed by atoms with van der Waals surface area (Å²) >= 11 is 0. The van der Waals surface area contributed by atoms with Crippen LogP contribution in [0.2, 0.25) is 0 Å². The fraction of sp³-hybridized carbons (Fsp3) is 0.538. The molecule has 1 aromatic rings. The van der Waals surface area contributed by atoms with Gasteiger partial charge in [0.1, 0.15) is 5.75 Å². The largest absolute Gasteiger partial charge is 0.508 e. The number of nitrogens with one attached hydrogen (secondary N) is 1. The lowest BCUT2D eigenvalue weighted by atomic mass is 9.85. The topological polar surface area (TPSA) is 52.5 Å². The molecule has 0 bridgehead atoms. The van der Waals surface area contributed by atoms with Crippen LogP contribution < -0.4 is 5.32 Å². The smallest absolute Gasteiger partial charge is 0.119 e. The van der Waals surface area contributed by atoms with Crippen LogP contribution in [-0.2, 0) is 12.8 Å². The molecule has 2 rings (SSSR count). The van der Waals surface area contributed by atoms with Gasteiger partial charge in [-0.1, -0.05) is 26.0 Å². The summed E-state index contributed by atoms with van der Waals surface area (Å²) in [6.07, 6.45) is 0.901. The third-order valence-electron chi connectivity index (χ3n) is 3.11. The Labute approximate surface area is 96.1 Å². The van der Waals surface area contributed by atoms with E-state index in [1.165, 1.54) is 0 Å². The summed E-state index contributed by atoms with van der Waals surface area (Å²) in [5.41, 5.74) is 2.04. The summed E-state index contributed by atoms with van der Waals surface area (Å²) in [5, 5.41) is 23.1. The Morgan fingerprint density at radius 1 is 1.31 bits per heavy atom. The molecular weight excluding hydrogens is 202 g/mol. The van der Waals surface area contributed by atoms with Crippen LogP contribution in [0.4, 0.5) is 0 Å². The van der Waals surface area contributed by atoms with Gasteiger partial charge in [-0.2, -0.15) is 0 Å². The van der Waals surface area contributed by atoms with Crippen LogP contribution in [0.5, 0.6) is 5.75 Å². The molecule has 88 valence electrons. The quantitative estimate of drug-likeness (QED) is 0.704. The van der Waals surface area contributed by atoms with E-state index in [1.54, 1.807) is 6.07 Å². The Morgan fingerprint density at radius 3 is 2.75 bits per heavy atom. The zero-order chi connectivity index (χ0) is 11.7. The first-order valence-corrected chi connectivity index (χ1v) is 5.81. The van der Waals surface area contributed by atoms with Crippen molar-refractivity contribution in [2.75, 3.05) is 0 Å². The number of aromatic hydroxyl groups is 1. The first-order chi connectivity index (χ1) is 7.58. The molecule has 0 radical (unpaired) electrons. The van der Waals surface area contributed by atoms with Gasteiger partial charge in [0.2, 0.25) is 0 Å². The van der Waals surface area contributed by atoms with E-state index < -0.39 is 6.10 Å². The zero-order valence-electron chi connectivity index (χ0n) is 9.77. The fourth-order valence-corrected chi connectivity index (χ4v) is 2.37. The first kappa shape index (κ1) is 11.4. The number of benzene rings is 1. The van der Waals surface area contributed by atoms with E-state index in [0.717, 1.165) is 17.5 Å². The molecule has 2 atom stereocenters. The maximum Gasteiger partial charge on any atom is 0.119 e. The second-order valence-corrected chi connectivity index (χ2v) is 4.82. The van der Waals surface area contributed by atoms with E-state index >= 15 is 0 Å². The van der Waals surface area contributed by atoms with Gasteiger partial charge in [0.25, 0.3) is 0 Å². The van der Waals surface area contributed by atoms with Crippen molar-refractivity contribution in [1.29, 1.82) is 0 Å². The highest BCUT2D eigenvalue weighted by Crippen LogP contribution is 2.29. The molecule has 0 saturated heterocycles. The van der Waals surface area contributed by atoms with E-state index in [2.05, 4.69) is 19.2 Å². The predicted molar refractivity (Wildman–Crippen MR) is 63.6 cm³/mol. The van der Waals surface area contributed by atoms with E-state index in [0.29, 0.717) is 18.2 Å². The summed E-state index contributed by atoms with van der Waals surface area (Å²) < 4.78 is 0. The van der Waals surface area contributed by atoms with Gasteiger partial charge in [-0.05, 0) is 23.6 Å².